The van der Waals surface area contributed by atoms with Crippen molar-refractivity contribution in [3.05, 3.63) is 0 Å². The van der Waals surface area contributed by atoms with Gasteiger partial charge in [-0.25, -0.2) is 0 Å². The second-order valence-corrected chi connectivity index (χ2v) is 4.73. The van der Waals surface area contributed by atoms with Crippen LogP contribution < -0.4 is 11.1 Å². The lowest BCUT2D eigenvalue weighted by Gasteiger charge is -2.21. The summed E-state index contributed by atoms with van der Waals surface area (Å²) in [4.78, 5) is 24.8. The van der Waals surface area contributed by atoms with Crippen molar-refractivity contribution in [3.63, 3.8) is 0 Å². The number of nitrogens with one attached hydrogen (secondary N) is 1. The van der Waals surface area contributed by atoms with E-state index < -0.39 is 0 Å². The first-order valence-corrected chi connectivity index (χ1v) is 6.14. The Kier molecular flexibility index (Phi) is 7.54. The quantitative estimate of drug-likeness (QED) is 0.671. The van der Waals surface area contributed by atoms with Gasteiger partial charge in [0.1, 0.15) is 0 Å². The van der Waals surface area contributed by atoms with Gasteiger partial charge in [0.05, 0.1) is 12.5 Å². The molecule has 1 unspecified atom stereocenters. The summed E-state index contributed by atoms with van der Waals surface area (Å²) in [5, 5.41) is 2.78. The van der Waals surface area contributed by atoms with Crippen LogP contribution in [0.3, 0.4) is 0 Å². The van der Waals surface area contributed by atoms with E-state index in [-0.39, 0.29) is 24.3 Å². The number of likely N-dealkylation sites (N-methyl/N-ethyl adjacent to an activating group) is 1. The zero-order valence-corrected chi connectivity index (χ0v) is 11.3. The molecule has 5 heteroatoms. The van der Waals surface area contributed by atoms with Gasteiger partial charge in [0, 0.05) is 20.1 Å². The van der Waals surface area contributed by atoms with Gasteiger partial charge in [0.2, 0.25) is 11.8 Å². The van der Waals surface area contributed by atoms with Gasteiger partial charge in [-0.2, -0.15) is 0 Å². The molecule has 0 bridgehead atoms. The van der Waals surface area contributed by atoms with E-state index in [2.05, 4.69) is 5.32 Å². The predicted octanol–water partition coefficient (Wildman–Crippen LogP) is 0.202. The van der Waals surface area contributed by atoms with Crippen molar-refractivity contribution in [2.45, 2.75) is 27.2 Å². The number of hydrogen-bond acceptors (Lipinski definition) is 3. The summed E-state index contributed by atoms with van der Waals surface area (Å²) in [6.45, 7) is 7.03. The number of carbonyl (C=O) groups is 2. The minimum absolute atomic E-state index is 0.0605. The molecule has 17 heavy (non-hydrogen) atoms. The fourth-order valence-corrected chi connectivity index (χ4v) is 1.42. The van der Waals surface area contributed by atoms with E-state index in [1.165, 1.54) is 4.90 Å². The molecule has 5 nitrogen and oxygen atoms in total. The maximum absolute atomic E-state index is 11.8. The monoisotopic (exact) mass is 243 g/mol. The Hall–Kier alpha value is -1.10. The average molecular weight is 243 g/mol. The van der Waals surface area contributed by atoms with Crippen molar-refractivity contribution in [3.8, 4) is 0 Å². The molecule has 0 aliphatic carbocycles. The molecule has 0 saturated carbocycles. The van der Waals surface area contributed by atoms with E-state index >= 15 is 0 Å². The third-order valence-corrected chi connectivity index (χ3v) is 2.59. The Morgan fingerprint density at radius 2 is 1.94 bits per heavy atom. The van der Waals surface area contributed by atoms with E-state index in [1.54, 1.807) is 7.05 Å². The molecule has 0 rings (SSSR count). The fraction of sp³-hybridized carbons (Fsp3) is 0.833. The third kappa shape index (κ3) is 6.26. The molecule has 0 spiro atoms. The van der Waals surface area contributed by atoms with Gasteiger partial charge in [-0.1, -0.05) is 20.8 Å². The second kappa shape index (κ2) is 8.06. The summed E-state index contributed by atoms with van der Waals surface area (Å²) in [5.74, 6) is 0.0430. The molecule has 0 aromatic rings. The number of hydrogen-bond donors (Lipinski definition) is 2. The van der Waals surface area contributed by atoms with E-state index in [1.807, 2.05) is 20.8 Å². The van der Waals surface area contributed by atoms with Crippen molar-refractivity contribution in [1.82, 2.24) is 10.2 Å². The average Bonchev–Trinajstić information content (AvgIpc) is 2.27. The van der Waals surface area contributed by atoms with Gasteiger partial charge < -0.3 is 16.0 Å². The Bertz CT molecular complexity index is 250. The third-order valence-electron chi connectivity index (χ3n) is 2.59. The highest BCUT2D eigenvalue weighted by molar-refractivity contribution is 5.85. The molecular weight excluding hydrogens is 218 g/mol. The molecule has 0 aliphatic heterocycles. The fourth-order valence-electron chi connectivity index (χ4n) is 1.42. The lowest BCUT2D eigenvalue weighted by atomic mass is 10.1. The van der Waals surface area contributed by atoms with Crippen molar-refractivity contribution in [2.24, 2.45) is 17.6 Å². The molecule has 0 fully saturated rings. The molecule has 1 atom stereocenters. The molecule has 0 radical (unpaired) electrons. The zero-order chi connectivity index (χ0) is 13.4. The first-order chi connectivity index (χ1) is 7.92. The molecule has 0 aromatic carbocycles. The summed E-state index contributed by atoms with van der Waals surface area (Å²) in [7, 11) is 1.63. The van der Waals surface area contributed by atoms with Crippen LogP contribution in [-0.2, 0) is 9.59 Å². The number of nitrogens with zero attached hydrogens (tertiary/aromatic N) is 1. The molecule has 0 saturated heterocycles. The van der Waals surface area contributed by atoms with Crippen molar-refractivity contribution >= 4 is 11.8 Å². The van der Waals surface area contributed by atoms with Crippen LogP contribution in [0, 0.1) is 11.8 Å². The maximum atomic E-state index is 11.8. The van der Waals surface area contributed by atoms with E-state index in [9.17, 15) is 9.59 Å². The number of amides is 2. The van der Waals surface area contributed by atoms with Gasteiger partial charge in [-0.15, -0.1) is 0 Å². The lowest BCUT2D eigenvalue weighted by molar-refractivity contribution is -0.137. The van der Waals surface area contributed by atoms with Crippen LogP contribution in [0.1, 0.15) is 27.2 Å². The number of rotatable bonds is 7. The summed E-state index contributed by atoms with van der Waals surface area (Å²) in [5.41, 5.74) is 5.50. The van der Waals surface area contributed by atoms with Crippen LogP contribution >= 0.6 is 0 Å². The van der Waals surface area contributed by atoms with Crippen LogP contribution in [0.25, 0.3) is 0 Å². The molecule has 2 amide bonds. The maximum Gasteiger partial charge on any atom is 0.239 e. The summed E-state index contributed by atoms with van der Waals surface area (Å²) >= 11 is 0. The SMILES string of the molecule is CCC(CN)C(=O)N(C)CC(=O)NCC(C)C. The highest BCUT2D eigenvalue weighted by Crippen LogP contribution is 2.04. The van der Waals surface area contributed by atoms with Crippen molar-refractivity contribution in [2.75, 3.05) is 26.7 Å². The molecule has 0 aromatic heterocycles. The van der Waals surface area contributed by atoms with Crippen LogP contribution in [0.4, 0.5) is 0 Å². The van der Waals surface area contributed by atoms with E-state index in [0.29, 0.717) is 25.4 Å². The lowest BCUT2D eigenvalue weighted by Crippen LogP contribution is -2.43. The Morgan fingerprint density at radius 3 is 2.35 bits per heavy atom. The largest absolute Gasteiger partial charge is 0.354 e. The van der Waals surface area contributed by atoms with Gasteiger partial charge in [-0.05, 0) is 12.3 Å². The van der Waals surface area contributed by atoms with Crippen LogP contribution in [0.2, 0.25) is 0 Å². The van der Waals surface area contributed by atoms with E-state index in [4.69, 9.17) is 5.73 Å². The number of nitrogens with two attached hydrogens (primary N) is 1. The normalized spacial score (nSPS) is 12.4. The van der Waals surface area contributed by atoms with Gasteiger partial charge >= 0.3 is 0 Å². The van der Waals surface area contributed by atoms with E-state index in [0.717, 1.165) is 0 Å². The highest BCUT2D eigenvalue weighted by atomic mass is 16.2. The standard InChI is InChI=1S/C12H25N3O2/c1-5-10(6-13)12(17)15(4)8-11(16)14-7-9(2)3/h9-10H,5-8,13H2,1-4H3,(H,14,16). The molecule has 100 valence electrons. The summed E-state index contributed by atoms with van der Waals surface area (Å²) in [6, 6.07) is 0. The Morgan fingerprint density at radius 1 is 1.35 bits per heavy atom. The first-order valence-electron chi connectivity index (χ1n) is 6.14. The second-order valence-electron chi connectivity index (χ2n) is 4.73. The van der Waals surface area contributed by atoms with Crippen LogP contribution in [-0.4, -0.2) is 43.4 Å². The predicted molar refractivity (Wildman–Crippen MR) is 68.3 cm³/mol. The van der Waals surface area contributed by atoms with Gasteiger partial charge in [0.25, 0.3) is 0 Å². The molecule has 0 heterocycles. The van der Waals surface area contributed by atoms with Gasteiger partial charge in [-0.3, -0.25) is 9.59 Å². The van der Waals surface area contributed by atoms with Gasteiger partial charge in [0.15, 0.2) is 0 Å². The first kappa shape index (κ1) is 15.9. The smallest absolute Gasteiger partial charge is 0.239 e. The topological polar surface area (TPSA) is 75.4 Å². The molecule has 3 N–H and O–H groups in total. The van der Waals surface area contributed by atoms with Crippen LogP contribution in [0.15, 0.2) is 0 Å². The minimum Gasteiger partial charge on any atom is -0.354 e. The minimum atomic E-state index is -0.183. The number of carbonyl (C=O) groups excluding carboxylic acids is 2. The highest BCUT2D eigenvalue weighted by Gasteiger charge is 2.20. The Balaban J connectivity index is 4.11. The van der Waals surface area contributed by atoms with Crippen LogP contribution in [0.5, 0.6) is 0 Å². The summed E-state index contributed by atoms with van der Waals surface area (Å²) in [6.07, 6.45) is 0.702. The summed E-state index contributed by atoms with van der Waals surface area (Å²) < 4.78 is 0. The van der Waals surface area contributed by atoms with Crippen molar-refractivity contribution < 1.29 is 9.59 Å². The molecular formula is C12H25N3O2. The molecule has 0 aliphatic rings. The Labute approximate surface area is 104 Å². The van der Waals surface area contributed by atoms with Crippen molar-refractivity contribution in [1.29, 1.82) is 0 Å². The zero-order valence-electron chi connectivity index (χ0n) is 11.3.